The maximum Gasteiger partial charge on any atom is 0.115 e. The van der Waals surface area contributed by atoms with Crippen molar-refractivity contribution < 1.29 is 0 Å². The van der Waals surface area contributed by atoms with Crippen LogP contribution in [0.15, 0.2) is 181 Å². The number of hydrogen-bond acceptors (Lipinski definition) is 3. The van der Waals surface area contributed by atoms with Gasteiger partial charge in [-0.3, -0.25) is 4.99 Å². The molecule has 2 N–H and O–H groups in total. The quantitative estimate of drug-likeness (QED) is 0.170. The number of allylic oxidation sites excluding steroid dienone is 1. The van der Waals surface area contributed by atoms with E-state index in [0.717, 1.165) is 33.4 Å². The number of fused-ring (bicyclic) bond motifs is 6. The molecule has 0 saturated heterocycles. The standard InChI is InChI=1S/C46H33N3S/c47-41(33-24-22-32(23-25-33)31-12-3-1-4-13-31)29-42(34-14-5-2-6-15-34)48-30-49-43-20-9-7-16-37(43)40-28-35(26-27-44(40)49)36-18-11-19-39-38-17-8-10-21-45(38)50-46(36)39/h1-29H,30,47H2/b41-29-,48-42+. The zero-order valence-electron chi connectivity index (χ0n) is 27.3. The molecule has 9 rings (SSSR count). The van der Waals surface area contributed by atoms with Crippen molar-refractivity contribution in [2.24, 2.45) is 10.7 Å². The Kier molecular flexibility index (Phi) is 7.57. The van der Waals surface area contributed by atoms with Gasteiger partial charge in [0.2, 0.25) is 0 Å². The van der Waals surface area contributed by atoms with Gasteiger partial charge in [0.25, 0.3) is 0 Å². The van der Waals surface area contributed by atoms with Crippen molar-refractivity contribution in [3.63, 3.8) is 0 Å². The number of nitrogens with two attached hydrogens (primary N) is 1. The first-order chi connectivity index (χ1) is 24.7. The molecule has 0 aliphatic carbocycles. The molecule has 238 valence electrons. The third kappa shape index (κ3) is 5.36. The average molecular weight is 660 g/mol. The molecule has 0 aliphatic rings. The van der Waals surface area contributed by atoms with Crippen molar-refractivity contribution in [2.75, 3.05) is 0 Å². The Bertz CT molecular complexity index is 2720. The van der Waals surface area contributed by atoms with E-state index in [0.29, 0.717) is 12.4 Å². The summed E-state index contributed by atoms with van der Waals surface area (Å²) in [5.74, 6) is 0. The summed E-state index contributed by atoms with van der Waals surface area (Å²) in [5.41, 5.74) is 17.4. The monoisotopic (exact) mass is 659 g/mol. The lowest BCUT2D eigenvalue weighted by molar-refractivity contribution is 0.793. The summed E-state index contributed by atoms with van der Waals surface area (Å²) >= 11 is 1.87. The molecule has 0 atom stereocenters. The molecule has 0 aliphatic heterocycles. The summed E-state index contributed by atoms with van der Waals surface area (Å²) < 4.78 is 4.96. The van der Waals surface area contributed by atoms with E-state index in [4.69, 9.17) is 10.7 Å². The lowest BCUT2D eigenvalue weighted by Gasteiger charge is -2.10. The second kappa shape index (κ2) is 12.7. The topological polar surface area (TPSA) is 43.3 Å². The van der Waals surface area contributed by atoms with Gasteiger partial charge in [-0.05, 0) is 63.7 Å². The van der Waals surface area contributed by atoms with Gasteiger partial charge in [-0.15, -0.1) is 11.3 Å². The van der Waals surface area contributed by atoms with E-state index in [2.05, 4.69) is 150 Å². The second-order valence-electron chi connectivity index (χ2n) is 12.6. The first-order valence-electron chi connectivity index (χ1n) is 16.9. The Labute approximate surface area is 294 Å². The van der Waals surface area contributed by atoms with Crippen LogP contribution < -0.4 is 5.73 Å². The van der Waals surface area contributed by atoms with Crippen molar-refractivity contribution in [3.05, 3.63) is 187 Å². The number of nitrogens with zero attached hydrogens (tertiary/aromatic N) is 2. The molecule has 2 heterocycles. The first kappa shape index (κ1) is 29.9. The van der Waals surface area contributed by atoms with E-state index in [1.54, 1.807) is 0 Å². The predicted octanol–water partition coefficient (Wildman–Crippen LogP) is 11.9. The zero-order chi connectivity index (χ0) is 33.4. The second-order valence-corrected chi connectivity index (χ2v) is 13.6. The summed E-state index contributed by atoms with van der Waals surface area (Å²) in [4.78, 5) is 5.24. The van der Waals surface area contributed by atoms with Crippen molar-refractivity contribution >= 4 is 64.7 Å². The Balaban J connectivity index is 1.12. The van der Waals surface area contributed by atoms with Crippen LogP contribution in [0, 0.1) is 0 Å². The van der Waals surface area contributed by atoms with Crippen LogP contribution in [0.4, 0.5) is 0 Å². The van der Waals surface area contributed by atoms with Gasteiger partial charge in [0, 0.05) is 36.6 Å². The van der Waals surface area contributed by atoms with Gasteiger partial charge in [-0.1, -0.05) is 146 Å². The molecule has 9 aromatic rings. The third-order valence-corrected chi connectivity index (χ3v) is 10.8. The summed E-state index contributed by atoms with van der Waals surface area (Å²) in [6.45, 7) is 0.455. The molecule has 0 radical (unpaired) electrons. The van der Waals surface area contributed by atoms with E-state index in [1.807, 2.05) is 41.7 Å². The third-order valence-electron chi connectivity index (χ3n) is 9.56. The van der Waals surface area contributed by atoms with Crippen molar-refractivity contribution in [1.82, 2.24) is 4.57 Å². The highest BCUT2D eigenvalue weighted by Gasteiger charge is 2.15. The highest BCUT2D eigenvalue weighted by molar-refractivity contribution is 7.26. The molecule has 0 spiro atoms. The maximum absolute atomic E-state index is 6.76. The maximum atomic E-state index is 6.76. The summed E-state index contributed by atoms with van der Waals surface area (Å²) in [6.07, 6.45) is 2.00. The molecular weight excluding hydrogens is 627 g/mol. The smallest absolute Gasteiger partial charge is 0.115 e. The fourth-order valence-electron chi connectivity index (χ4n) is 7.04. The fraction of sp³-hybridized carbons (Fsp3) is 0.0217. The molecule has 50 heavy (non-hydrogen) atoms. The van der Waals surface area contributed by atoms with Crippen LogP contribution in [0.5, 0.6) is 0 Å². The molecule has 0 fully saturated rings. The number of para-hydroxylation sites is 1. The van der Waals surface area contributed by atoms with Crippen molar-refractivity contribution in [1.29, 1.82) is 0 Å². The van der Waals surface area contributed by atoms with Gasteiger partial charge in [-0.2, -0.15) is 0 Å². The highest BCUT2D eigenvalue weighted by Crippen LogP contribution is 2.41. The number of thiophene rings is 1. The van der Waals surface area contributed by atoms with Gasteiger partial charge >= 0.3 is 0 Å². The highest BCUT2D eigenvalue weighted by atomic mass is 32.1. The molecule has 3 nitrogen and oxygen atoms in total. The van der Waals surface area contributed by atoms with E-state index in [1.165, 1.54) is 47.6 Å². The Morgan fingerprint density at radius 3 is 2.00 bits per heavy atom. The Morgan fingerprint density at radius 1 is 0.540 bits per heavy atom. The lowest BCUT2D eigenvalue weighted by Crippen LogP contribution is -2.06. The van der Waals surface area contributed by atoms with Gasteiger partial charge in [0.05, 0.1) is 16.7 Å². The number of benzene rings is 7. The number of hydrogen-bond donors (Lipinski definition) is 1. The summed E-state index contributed by atoms with van der Waals surface area (Å²) in [5, 5.41) is 5.07. The first-order valence-corrected chi connectivity index (χ1v) is 17.7. The van der Waals surface area contributed by atoms with Crippen molar-refractivity contribution in [3.8, 4) is 22.3 Å². The van der Waals surface area contributed by atoms with E-state index in [9.17, 15) is 0 Å². The van der Waals surface area contributed by atoms with Crippen LogP contribution in [0.2, 0.25) is 0 Å². The number of aromatic nitrogens is 1. The Morgan fingerprint density at radius 2 is 1.18 bits per heavy atom. The number of rotatable bonds is 7. The lowest BCUT2D eigenvalue weighted by atomic mass is 10.0. The molecule has 0 bridgehead atoms. The van der Waals surface area contributed by atoms with E-state index < -0.39 is 0 Å². The minimum absolute atomic E-state index is 0.455. The minimum Gasteiger partial charge on any atom is -0.398 e. The Hall–Kier alpha value is -6.23. The fourth-order valence-corrected chi connectivity index (χ4v) is 8.28. The largest absolute Gasteiger partial charge is 0.398 e. The molecule has 4 heteroatoms. The van der Waals surface area contributed by atoms with Crippen molar-refractivity contribution in [2.45, 2.75) is 6.67 Å². The van der Waals surface area contributed by atoms with Crippen LogP contribution >= 0.6 is 11.3 Å². The van der Waals surface area contributed by atoms with Crippen LogP contribution in [0.3, 0.4) is 0 Å². The molecular formula is C46H33N3S. The van der Waals surface area contributed by atoms with Gasteiger partial charge in [0.1, 0.15) is 6.67 Å². The minimum atomic E-state index is 0.455. The zero-order valence-corrected chi connectivity index (χ0v) is 28.1. The molecule has 7 aromatic carbocycles. The molecule has 0 unspecified atom stereocenters. The number of aliphatic imine (C=N–C) groups is 1. The van der Waals surface area contributed by atoms with Gasteiger partial charge in [-0.25, -0.2) is 0 Å². The molecule has 0 amide bonds. The van der Waals surface area contributed by atoms with Crippen LogP contribution in [-0.2, 0) is 6.67 Å². The van der Waals surface area contributed by atoms with E-state index in [-0.39, 0.29) is 0 Å². The molecule has 2 aromatic heterocycles. The SMILES string of the molecule is N/C(=C\C(=N/Cn1c2ccccc2c2cc(-c3cccc4c3sc3ccccc34)ccc21)c1ccccc1)c1ccc(-c2ccccc2)cc1. The predicted molar refractivity (Wildman–Crippen MR) is 215 cm³/mol. The van der Waals surface area contributed by atoms with Crippen LogP contribution in [0.25, 0.3) is 69.9 Å². The van der Waals surface area contributed by atoms with Gasteiger partial charge < -0.3 is 10.3 Å². The van der Waals surface area contributed by atoms with Crippen LogP contribution in [-0.4, -0.2) is 10.3 Å². The molecule has 0 saturated carbocycles. The average Bonchev–Trinajstić information content (AvgIpc) is 3.72. The van der Waals surface area contributed by atoms with Gasteiger partial charge in [0.15, 0.2) is 0 Å². The normalized spacial score (nSPS) is 12.4. The summed E-state index contributed by atoms with van der Waals surface area (Å²) in [6, 6.07) is 60.0. The summed E-state index contributed by atoms with van der Waals surface area (Å²) in [7, 11) is 0. The van der Waals surface area contributed by atoms with E-state index >= 15 is 0 Å². The van der Waals surface area contributed by atoms with Crippen LogP contribution in [0.1, 0.15) is 11.1 Å².